The van der Waals surface area contributed by atoms with Crippen molar-refractivity contribution in [1.82, 2.24) is 0 Å². The quantitative estimate of drug-likeness (QED) is 0.856. The van der Waals surface area contributed by atoms with Crippen molar-refractivity contribution in [3.63, 3.8) is 0 Å². The van der Waals surface area contributed by atoms with Crippen LogP contribution in [0.25, 0.3) is 0 Å². The van der Waals surface area contributed by atoms with E-state index in [0.29, 0.717) is 11.5 Å². The summed E-state index contributed by atoms with van der Waals surface area (Å²) in [5, 5.41) is 8.87. The van der Waals surface area contributed by atoms with E-state index in [4.69, 9.17) is 20.3 Å². The molecule has 2 rings (SSSR count). The number of aliphatic hydroxyl groups is 1. The maximum Gasteiger partial charge on any atom is 0.231 e. The predicted molar refractivity (Wildman–Crippen MR) is 54.2 cm³/mol. The van der Waals surface area contributed by atoms with E-state index < -0.39 is 11.9 Å². The standard InChI is InChI=1S/C9H9BrFNO3/c10-7-8(11)4(5(12)2-13)1-6-9(7)15-3-14-6/h1,5,13H,2-3,12H2. The molecule has 15 heavy (non-hydrogen) atoms. The van der Waals surface area contributed by atoms with Crippen LogP contribution in [0.1, 0.15) is 11.6 Å². The summed E-state index contributed by atoms with van der Waals surface area (Å²) in [6.07, 6.45) is 0. The first-order valence-electron chi connectivity index (χ1n) is 4.29. The van der Waals surface area contributed by atoms with Crippen molar-refractivity contribution < 1.29 is 19.0 Å². The number of aliphatic hydroxyl groups excluding tert-OH is 1. The summed E-state index contributed by atoms with van der Waals surface area (Å²) in [5.74, 6) is 0.240. The molecule has 0 bridgehead atoms. The van der Waals surface area contributed by atoms with Gasteiger partial charge in [-0.05, 0) is 22.0 Å². The van der Waals surface area contributed by atoms with Crippen molar-refractivity contribution in [1.29, 1.82) is 0 Å². The number of hydrogen-bond donors (Lipinski definition) is 2. The Balaban J connectivity index is 2.54. The first-order valence-corrected chi connectivity index (χ1v) is 5.08. The van der Waals surface area contributed by atoms with Crippen LogP contribution < -0.4 is 15.2 Å². The molecule has 0 aromatic heterocycles. The monoisotopic (exact) mass is 277 g/mol. The lowest BCUT2D eigenvalue weighted by molar-refractivity contribution is 0.173. The third-order valence-electron chi connectivity index (χ3n) is 2.17. The highest BCUT2D eigenvalue weighted by molar-refractivity contribution is 9.10. The van der Waals surface area contributed by atoms with Gasteiger partial charge in [0.1, 0.15) is 5.82 Å². The third kappa shape index (κ3) is 1.68. The van der Waals surface area contributed by atoms with Gasteiger partial charge in [-0.1, -0.05) is 0 Å². The summed E-state index contributed by atoms with van der Waals surface area (Å²) in [7, 11) is 0. The minimum absolute atomic E-state index is 0.0607. The smallest absolute Gasteiger partial charge is 0.231 e. The van der Waals surface area contributed by atoms with Crippen LogP contribution in [-0.2, 0) is 0 Å². The number of fused-ring (bicyclic) bond motifs is 1. The lowest BCUT2D eigenvalue weighted by Crippen LogP contribution is -2.16. The normalized spacial score (nSPS) is 15.5. The Morgan fingerprint density at radius 3 is 3.00 bits per heavy atom. The Morgan fingerprint density at radius 1 is 1.60 bits per heavy atom. The molecule has 1 aromatic rings. The molecular weight excluding hydrogens is 269 g/mol. The van der Waals surface area contributed by atoms with E-state index in [1.165, 1.54) is 6.07 Å². The topological polar surface area (TPSA) is 64.7 Å². The Morgan fingerprint density at radius 2 is 2.33 bits per heavy atom. The van der Waals surface area contributed by atoms with E-state index in [1.807, 2.05) is 0 Å². The summed E-state index contributed by atoms with van der Waals surface area (Å²) in [6.45, 7) is -0.270. The first-order chi connectivity index (χ1) is 7.15. The molecule has 1 heterocycles. The van der Waals surface area contributed by atoms with E-state index in [0.717, 1.165) is 0 Å². The number of ether oxygens (including phenoxy) is 2. The van der Waals surface area contributed by atoms with E-state index in [-0.39, 0.29) is 23.4 Å². The lowest BCUT2D eigenvalue weighted by Gasteiger charge is -2.12. The van der Waals surface area contributed by atoms with Gasteiger partial charge in [-0.15, -0.1) is 0 Å². The Kier molecular flexibility index (Phi) is 2.81. The van der Waals surface area contributed by atoms with Gasteiger partial charge < -0.3 is 20.3 Å². The zero-order valence-corrected chi connectivity index (χ0v) is 9.25. The van der Waals surface area contributed by atoms with Crippen molar-refractivity contribution >= 4 is 15.9 Å². The Hall–Kier alpha value is -0.850. The summed E-state index contributed by atoms with van der Waals surface area (Å²) >= 11 is 3.06. The zero-order chi connectivity index (χ0) is 11.0. The fourth-order valence-corrected chi connectivity index (χ4v) is 1.91. The average Bonchev–Trinajstić information content (AvgIpc) is 2.70. The molecule has 3 N–H and O–H groups in total. The maximum absolute atomic E-state index is 13.7. The maximum atomic E-state index is 13.7. The van der Waals surface area contributed by atoms with Crippen molar-refractivity contribution in [3.05, 3.63) is 21.9 Å². The zero-order valence-electron chi connectivity index (χ0n) is 7.67. The number of halogens is 2. The molecule has 1 unspecified atom stereocenters. The first kappa shape index (κ1) is 10.7. The molecule has 0 spiro atoms. The fraction of sp³-hybridized carbons (Fsp3) is 0.333. The van der Waals surface area contributed by atoms with Gasteiger partial charge in [0.05, 0.1) is 17.1 Å². The van der Waals surface area contributed by atoms with Gasteiger partial charge in [0, 0.05) is 5.56 Å². The molecule has 1 atom stereocenters. The molecule has 1 aromatic carbocycles. The highest BCUT2D eigenvalue weighted by Crippen LogP contribution is 2.43. The molecule has 6 heteroatoms. The van der Waals surface area contributed by atoms with Gasteiger partial charge in [0.25, 0.3) is 0 Å². The molecule has 0 saturated carbocycles. The van der Waals surface area contributed by atoms with Crippen LogP contribution in [0.3, 0.4) is 0 Å². The third-order valence-corrected chi connectivity index (χ3v) is 2.88. The molecule has 1 aliphatic rings. The second-order valence-electron chi connectivity index (χ2n) is 3.12. The van der Waals surface area contributed by atoms with Crippen molar-refractivity contribution in [2.24, 2.45) is 5.73 Å². The van der Waals surface area contributed by atoms with Gasteiger partial charge >= 0.3 is 0 Å². The molecule has 1 aliphatic heterocycles. The largest absolute Gasteiger partial charge is 0.454 e. The summed E-state index contributed by atoms with van der Waals surface area (Å²) in [5.41, 5.74) is 5.75. The van der Waals surface area contributed by atoms with Crippen molar-refractivity contribution in [2.45, 2.75) is 6.04 Å². The van der Waals surface area contributed by atoms with Gasteiger partial charge in [-0.25, -0.2) is 4.39 Å². The predicted octanol–water partition coefficient (Wildman–Crippen LogP) is 1.31. The van der Waals surface area contributed by atoms with Crippen LogP contribution in [0, 0.1) is 5.82 Å². The van der Waals surface area contributed by atoms with Gasteiger partial charge in [0.2, 0.25) is 6.79 Å². The summed E-state index contributed by atoms with van der Waals surface area (Å²) < 4.78 is 24.1. The van der Waals surface area contributed by atoms with Crippen LogP contribution in [0.15, 0.2) is 10.5 Å². The van der Waals surface area contributed by atoms with Crippen LogP contribution in [-0.4, -0.2) is 18.5 Å². The van der Waals surface area contributed by atoms with E-state index in [1.54, 1.807) is 0 Å². The van der Waals surface area contributed by atoms with Crippen LogP contribution in [0.4, 0.5) is 4.39 Å². The second kappa shape index (κ2) is 3.96. The molecule has 0 aliphatic carbocycles. The molecule has 0 fully saturated rings. The highest BCUT2D eigenvalue weighted by atomic mass is 79.9. The van der Waals surface area contributed by atoms with Crippen molar-refractivity contribution in [3.8, 4) is 11.5 Å². The Labute approximate surface area is 93.9 Å². The number of hydrogen-bond acceptors (Lipinski definition) is 4. The van der Waals surface area contributed by atoms with Crippen LogP contribution in [0.2, 0.25) is 0 Å². The molecule has 4 nitrogen and oxygen atoms in total. The fourth-order valence-electron chi connectivity index (χ4n) is 1.37. The summed E-state index contributed by atoms with van der Waals surface area (Å²) in [6, 6.07) is 0.680. The Bertz CT molecular complexity index is 399. The number of rotatable bonds is 2. The minimum Gasteiger partial charge on any atom is -0.454 e. The number of nitrogens with two attached hydrogens (primary N) is 1. The second-order valence-corrected chi connectivity index (χ2v) is 3.91. The number of benzene rings is 1. The highest BCUT2D eigenvalue weighted by Gasteiger charge is 2.25. The van der Waals surface area contributed by atoms with E-state index >= 15 is 0 Å². The van der Waals surface area contributed by atoms with E-state index in [9.17, 15) is 4.39 Å². The molecule has 0 saturated heterocycles. The van der Waals surface area contributed by atoms with E-state index in [2.05, 4.69) is 15.9 Å². The van der Waals surface area contributed by atoms with Gasteiger partial charge in [-0.3, -0.25) is 0 Å². The van der Waals surface area contributed by atoms with Gasteiger partial charge in [-0.2, -0.15) is 0 Å². The summed E-state index contributed by atoms with van der Waals surface area (Å²) in [4.78, 5) is 0. The molecular formula is C9H9BrFNO3. The van der Waals surface area contributed by atoms with Crippen LogP contribution >= 0.6 is 15.9 Å². The van der Waals surface area contributed by atoms with Crippen molar-refractivity contribution in [2.75, 3.05) is 13.4 Å². The molecule has 82 valence electrons. The molecule has 0 amide bonds. The molecule has 0 radical (unpaired) electrons. The van der Waals surface area contributed by atoms with Gasteiger partial charge in [0.15, 0.2) is 11.5 Å². The minimum atomic E-state index is -0.768. The SMILES string of the molecule is NC(CO)c1cc2c(c(Br)c1F)OCO2. The average molecular weight is 278 g/mol. The lowest BCUT2D eigenvalue weighted by atomic mass is 10.1. The van der Waals surface area contributed by atoms with Crippen LogP contribution in [0.5, 0.6) is 11.5 Å².